The van der Waals surface area contributed by atoms with E-state index in [-0.39, 0.29) is 6.61 Å². The maximum Gasteiger partial charge on any atom is 0.279 e. The van der Waals surface area contributed by atoms with Crippen molar-refractivity contribution in [3.05, 3.63) is 0 Å². The van der Waals surface area contributed by atoms with E-state index in [1.165, 1.54) is 0 Å². The third-order valence-electron chi connectivity index (χ3n) is 0.533. The van der Waals surface area contributed by atoms with Crippen molar-refractivity contribution in [3.63, 3.8) is 0 Å². The monoisotopic (exact) mass is 180 g/mol. The van der Waals surface area contributed by atoms with Crippen LogP contribution in [0.4, 0.5) is 0 Å². The lowest BCUT2D eigenvalue weighted by atomic mass is 10.8. The Hall–Kier alpha value is -0.430. The highest BCUT2D eigenvalue weighted by Crippen LogP contribution is 2.01. The van der Waals surface area contributed by atoms with Crippen molar-refractivity contribution in [1.29, 1.82) is 0 Å². The maximum atomic E-state index is 10.5. The molecule has 56 valence electrons. The van der Waals surface area contributed by atoms with Crippen molar-refractivity contribution >= 4 is 18.6 Å². The molecular formula is C4H5O4PS. The quantitative estimate of drug-likeness (QED) is 0.352. The summed E-state index contributed by atoms with van der Waals surface area (Å²) >= 11 is 0. The Morgan fingerprint density at radius 1 is 1.60 bits per heavy atom. The zero-order valence-electron chi connectivity index (χ0n) is 4.98. The van der Waals surface area contributed by atoms with Gasteiger partial charge in [0.1, 0.15) is 6.61 Å². The second kappa shape index (κ2) is 4.40. The molecule has 0 aromatic rings. The van der Waals surface area contributed by atoms with Crippen LogP contribution in [0.1, 0.15) is 0 Å². The van der Waals surface area contributed by atoms with Gasteiger partial charge in [-0.05, 0) is 0 Å². The zero-order valence-corrected chi connectivity index (χ0v) is 6.69. The summed E-state index contributed by atoms with van der Waals surface area (Å²) in [5, 5.41) is 0. The van der Waals surface area contributed by atoms with E-state index in [0.717, 1.165) is 0 Å². The fourth-order valence-corrected chi connectivity index (χ4v) is 1.29. The van der Waals surface area contributed by atoms with E-state index < -0.39 is 24.1 Å². The minimum atomic E-state index is -3.66. The van der Waals surface area contributed by atoms with E-state index in [0.29, 0.717) is 0 Å². The lowest BCUT2D eigenvalue weighted by molar-refractivity contribution is 0.366. The standard InChI is InChI=1S/C4H5O4PS/c1-2-3-8-10(6,7)4-9-5/h1H,3-4H2. The Morgan fingerprint density at radius 3 is 2.60 bits per heavy atom. The Bertz CT molecular complexity index is 236. The molecule has 0 heterocycles. The summed E-state index contributed by atoms with van der Waals surface area (Å²) in [4.78, 5) is 0. The Kier molecular flexibility index (Phi) is 4.21. The van der Waals surface area contributed by atoms with Crippen molar-refractivity contribution in [2.24, 2.45) is 0 Å². The molecule has 0 spiro atoms. The third kappa shape index (κ3) is 4.45. The van der Waals surface area contributed by atoms with Gasteiger partial charge in [-0.15, -0.1) is 6.42 Å². The van der Waals surface area contributed by atoms with E-state index in [1.807, 2.05) is 5.92 Å². The summed E-state index contributed by atoms with van der Waals surface area (Å²) in [5.74, 6) is 1.98. The fraction of sp³-hybridized carbons (Fsp3) is 0.500. The predicted octanol–water partition coefficient (Wildman–Crippen LogP) is 0.215. The van der Waals surface area contributed by atoms with Gasteiger partial charge in [0.05, 0.1) is 0 Å². The molecule has 10 heavy (non-hydrogen) atoms. The number of hydrogen-bond donors (Lipinski definition) is 0. The Balaban J connectivity index is 3.91. The first-order chi connectivity index (χ1) is 4.62. The normalized spacial score (nSPS) is 11.1. The van der Waals surface area contributed by atoms with Crippen molar-refractivity contribution in [3.8, 4) is 12.3 Å². The van der Waals surface area contributed by atoms with Gasteiger partial charge in [0.2, 0.25) is 0 Å². The van der Waals surface area contributed by atoms with Gasteiger partial charge in [0.15, 0.2) is 14.0 Å². The third-order valence-corrected chi connectivity index (χ3v) is 2.70. The van der Waals surface area contributed by atoms with Crippen LogP contribution in [-0.4, -0.2) is 20.5 Å². The zero-order chi connectivity index (χ0) is 8.04. The molecule has 0 atom stereocenters. The Morgan fingerprint density at radius 2 is 2.20 bits per heavy atom. The summed E-state index contributed by atoms with van der Waals surface area (Å²) in [6, 6.07) is 0. The van der Waals surface area contributed by atoms with E-state index >= 15 is 0 Å². The van der Waals surface area contributed by atoms with Gasteiger partial charge in [-0.2, -0.15) is 8.42 Å². The topological polar surface area (TPSA) is 60.4 Å². The van der Waals surface area contributed by atoms with Gasteiger partial charge in [0, 0.05) is 0 Å². The molecule has 0 aliphatic rings. The molecule has 0 fully saturated rings. The molecular weight excluding hydrogens is 175 g/mol. The van der Waals surface area contributed by atoms with Crippen molar-refractivity contribution in [2.75, 3.05) is 12.1 Å². The van der Waals surface area contributed by atoms with Gasteiger partial charge in [-0.3, -0.25) is 8.75 Å². The number of rotatable bonds is 4. The van der Waals surface area contributed by atoms with Gasteiger partial charge in [0.25, 0.3) is 10.1 Å². The molecule has 0 amide bonds. The highest BCUT2D eigenvalue weighted by Gasteiger charge is 2.08. The molecule has 0 rings (SSSR count). The predicted molar refractivity (Wildman–Crippen MR) is 36.2 cm³/mol. The molecule has 0 bridgehead atoms. The molecule has 0 aromatic heterocycles. The summed E-state index contributed by atoms with van der Waals surface area (Å²) in [7, 11) is -4.15. The van der Waals surface area contributed by atoms with Crippen molar-refractivity contribution < 1.29 is 17.2 Å². The molecule has 0 aliphatic heterocycles. The van der Waals surface area contributed by atoms with Gasteiger partial charge in [-0.1, -0.05) is 5.92 Å². The summed E-state index contributed by atoms with van der Waals surface area (Å²) < 4.78 is 34.8. The van der Waals surface area contributed by atoms with Crippen LogP contribution >= 0.6 is 8.46 Å². The van der Waals surface area contributed by atoms with Crippen LogP contribution in [0.15, 0.2) is 0 Å². The van der Waals surface area contributed by atoms with E-state index in [4.69, 9.17) is 6.42 Å². The van der Waals surface area contributed by atoms with Gasteiger partial charge in [-0.25, -0.2) is 0 Å². The molecule has 4 nitrogen and oxygen atoms in total. The summed E-state index contributed by atoms with van der Waals surface area (Å²) in [6.07, 6.45) is 4.71. The van der Waals surface area contributed by atoms with Crippen LogP contribution in [-0.2, 0) is 18.9 Å². The summed E-state index contributed by atoms with van der Waals surface area (Å²) in [5.41, 5.74) is -0.547. The largest absolute Gasteiger partial charge is 0.279 e. The molecule has 0 aliphatic carbocycles. The lowest BCUT2D eigenvalue weighted by Gasteiger charge is -1.94. The first-order valence-electron chi connectivity index (χ1n) is 2.22. The smallest absolute Gasteiger partial charge is 0.274 e. The number of terminal acetylenes is 1. The average molecular weight is 180 g/mol. The molecule has 0 saturated carbocycles. The Labute approximate surface area is 60.9 Å². The molecule has 0 radical (unpaired) electrons. The van der Waals surface area contributed by atoms with E-state index in [9.17, 15) is 13.0 Å². The minimum absolute atomic E-state index is 0.308. The number of hydrogen-bond acceptors (Lipinski definition) is 4. The van der Waals surface area contributed by atoms with Crippen molar-refractivity contribution in [2.45, 2.75) is 0 Å². The van der Waals surface area contributed by atoms with E-state index in [1.54, 1.807) is 0 Å². The minimum Gasteiger partial charge on any atom is -0.274 e. The van der Waals surface area contributed by atoms with Crippen LogP contribution in [0.3, 0.4) is 0 Å². The highest BCUT2D eigenvalue weighted by molar-refractivity contribution is 7.90. The van der Waals surface area contributed by atoms with E-state index in [2.05, 4.69) is 4.18 Å². The van der Waals surface area contributed by atoms with Crippen LogP contribution in [0, 0.1) is 12.3 Å². The maximum absolute atomic E-state index is 10.5. The SMILES string of the molecule is C#CCOS(=O)(=O)CP=O. The molecule has 0 saturated heterocycles. The molecule has 0 N–H and O–H groups in total. The fourth-order valence-electron chi connectivity index (χ4n) is 0.226. The first-order valence-corrected chi connectivity index (χ1v) is 4.79. The van der Waals surface area contributed by atoms with Crippen LogP contribution in [0.25, 0.3) is 0 Å². The van der Waals surface area contributed by atoms with Gasteiger partial charge >= 0.3 is 0 Å². The first kappa shape index (κ1) is 9.57. The highest BCUT2D eigenvalue weighted by atomic mass is 32.2. The van der Waals surface area contributed by atoms with Crippen LogP contribution in [0.5, 0.6) is 0 Å². The second-order valence-corrected chi connectivity index (χ2v) is 3.92. The molecule has 0 unspecified atom stereocenters. The lowest BCUT2D eigenvalue weighted by Crippen LogP contribution is -2.06. The molecule has 6 heteroatoms. The average Bonchev–Trinajstić information content (AvgIpc) is 1.84. The van der Waals surface area contributed by atoms with Gasteiger partial charge < -0.3 is 0 Å². The molecule has 0 aromatic carbocycles. The second-order valence-electron chi connectivity index (χ2n) is 1.28. The summed E-state index contributed by atoms with van der Waals surface area (Å²) in [6.45, 7) is -0.308. The van der Waals surface area contributed by atoms with Crippen LogP contribution in [0.2, 0.25) is 0 Å². The van der Waals surface area contributed by atoms with Crippen LogP contribution < -0.4 is 0 Å². The van der Waals surface area contributed by atoms with Crippen molar-refractivity contribution in [1.82, 2.24) is 0 Å².